The third-order valence-corrected chi connectivity index (χ3v) is 4.41. The fraction of sp³-hybridized carbons (Fsp3) is 0.500. The third kappa shape index (κ3) is 4.95. The number of hydrogen-bond acceptors (Lipinski definition) is 5. The van der Waals surface area contributed by atoms with Gasteiger partial charge in [-0.05, 0) is 50.6 Å². The molecule has 0 unspecified atom stereocenters. The lowest BCUT2D eigenvalue weighted by atomic mass is 10.1. The van der Waals surface area contributed by atoms with Crippen molar-refractivity contribution in [3.63, 3.8) is 0 Å². The molecule has 0 aliphatic carbocycles. The van der Waals surface area contributed by atoms with Crippen molar-refractivity contribution in [1.29, 1.82) is 0 Å². The highest BCUT2D eigenvalue weighted by molar-refractivity contribution is 5.91. The highest BCUT2D eigenvalue weighted by Gasteiger charge is 2.20. The van der Waals surface area contributed by atoms with E-state index < -0.39 is 0 Å². The van der Waals surface area contributed by atoms with E-state index >= 15 is 0 Å². The van der Waals surface area contributed by atoms with Crippen molar-refractivity contribution in [2.24, 2.45) is 0 Å². The van der Waals surface area contributed by atoms with E-state index in [1.54, 1.807) is 18.1 Å². The lowest BCUT2D eigenvalue weighted by Crippen LogP contribution is -2.29. The van der Waals surface area contributed by atoms with Crippen LogP contribution in [0, 0.1) is 0 Å². The molecule has 8 heteroatoms. The first-order valence-corrected chi connectivity index (χ1v) is 8.77. The van der Waals surface area contributed by atoms with Crippen LogP contribution in [0.5, 0.6) is 5.75 Å². The van der Waals surface area contributed by atoms with Crippen LogP contribution in [0.2, 0.25) is 0 Å². The molecule has 1 aromatic carbocycles. The van der Waals surface area contributed by atoms with Gasteiger partial charge < -0.3 is 15.0 Å². The van der Waals surface area contributed by atoms with Crippen LogP contribution in [0.15, 0.2) is 30.5 Å². The molecule has 142 valence electrons. The molecule has 1 saturated heterocycles. The molecular formula is C18H26ClN5O2. The first-order chi connectivity index (χ1) is 12.2. The number of halogens is 1. The minimum absolute atomic E-state index is 0. The van der Waals surface area contributed by atoms with E-state index in [-0.39, 0.29) is 18.3 Å². The maximum absolute atomic E-state index is 12.6. The van der Waals surface area contributed by atoms with E-state index in [1.807, 2.05) is 35.9 Å². The Kier molecular flexibility index (Phi) is 7.41. The molecule has 1 amide bonds. The molecule has 0 atom stereocenters. The Hall–Kier alpha value is -2.12. The Labute approximate surface area is 160 Å². The van der Waals surface area contributed by atoms with E-state index in [1.165, 1.54) is 0 Å². The zero-order chi connectivity index (χ0) is 17.6. The normalized spacial score (nSPS) is 14.5. The molecule has 1 fully saturated rings. The minimum atomic E-state index is -0.117. The number of ether oxygens (including phenoxy) is 1. The van der Waals surface area contributed by atoms with Gasteiger partial charge in [0, 0.05) is 13.6 Å². The summed E-state index contributed by atoms with van der Waals surface area (Å²) in [5.41, 5.74) is 1.44. The van der Waals surface area contributed by atoms with Crippen LogP contribution in [-0.4, -0.2) is 52.5 Å². The van der Waals surface area contributed by atoms with E-state index in [0.29, 0.717) is 24.9 Å². The van der Waals surface area contributed by atoms with Crippen molar-refractivity contribution in [1.82, 2.24) is 25.2 Å². The molecule has 0 spiro atoms. The highest BCUT2D eigenvalue weighted by Crippen LogP contribution is 2.18. The Morgan fingerprint density at radius 2 is 2.00 bits per heavy atom. The van der Waals surface area contributed by atoms with Crippen LogP contribution < -0.4 is 10.1 Å². The van der Waals surface area contributed by atoms with E-state index in [0.717, 1.165) is 37.2 Å². The van der Waals surface area contributed by atoms with Crippen LogP contribution in [0.3, 0.4) is 0 Å². The van der Waals surface area contributed by atoms with Gasteiger partial charge in [0.2, 0.25) is 0 Å². The predicted molar refractivity (Wildman–Crippen MR) is 102 cm³/mol. The molecule has 7 nitrogen and oxygen atoms in total. The van der Waals surface area contributed by atoms with Crippen LogP contribution in [-0.2, 0) is 6.54 Å². The smallest absolute Gasteiger partial charge is 0.276 e. The van der Waals surface area contributed by atoms with Crippen LogP contribution >= 0.6 is 12.4 Å². The lowest BCUT2D eigenvalue weighted by Gasteiger charge is -2.22. The summed E-state index contributed by atoms with van der Waals surface area (Å²) in [5, 5.41) is 11.6. The van der Waals surface area contributed by atoms with Gasteiger partial charge in [-0.2, -0.15) is 0 Å². The average Bonchev–Trinajstić information content (AvgIpc) is 3.14. The quantitative estimate of drug-likeness (QED) is 0.833. The topological polar surface area (TPSA) is 72.3 Å². The van der Waals surface area contributed by atoms with Crippen molar-refractivity contribution < 1.29 is 9.53 Å². The molecule has 1 aliphatic heterocycles. The summed E-state index contributed by atoms with van der Waals surface area (Å²) in [6, 6.07) is 8.11. The van der Waals surface area contributed by atoms with Gasteiger partial charge >= 0.3 is 0 Å². The zero-order valence-electron chi connectivity index (χ0n) is 15.2. The average molecular weight is 380 g/mol. The molecule has 2 aromatic rings. The zero-order valence-corrected chi connectivity index (χ0v) is 16.0. The van der Waals surface area contributed by atoms with Crippen LogP contribution in [0.1, 0.15) is 41.9 Å². The van der Waals surface area contributed by atoms with Crippen LogP contribution in [0.4, 0.5) is 0 Å². The summed E-state index contributed by atoms with van der Waals surface area (Å²) in [5.74, 6) is 0.721. The Balaban J connectivity index is 0.00000243. The molecule has 26 heavy (non-hydrogen) atoms. The highest BCUT2D eigenvalue weighted by atomic mass is 35.5. The van der Waals surface area contributed by atoms with Crippen LogP contribution in [0.25, 0.3) is 0 Å². The summed E-state index contributed by atoms with van der Waals surface area (Å²) >= 11 is 0. The number of hydrogen-bond donors (Lipinski definition) is 1. The minimum Gasteiger partial charge on any atom is -0.494 e. The number of aromatic nitrogens is 3. The van der Waals surface area contributed by atoms with Crippen molar-refractivity contribution in [2.45, 2.75) is 32.4 Å². The monoisotopic (exact) mass is 379 g/mol. The van der Waals surface area contributed by atoms with Gasteiger partial charge in [-0.1, -0.05) is 17.3 Å². The maximum atomic E-state index is 12.6. The lowest BCUT2D eigenvalue weighted by molar-refractivity contribution is 0.0779. The van der Waals surface area contributed by atoms with Crippen molar-refractivity contribution in [2.75, 3.05) is 26.7 Å². The largest absolute Gasteiger partial charge is 0.494 e. The molecule has 1 N–H and O–H groups in total. The number of carbonyl (C=O) groups is 1. The van der Waals surface area contributed by atoms with Gasteiger partial charge in [0.1, 0.15) is 5.75 Å². The van der Waals surface area contributed by atoms with Crippen molar-refractivity contribution in [3.8, 4) is 5.75 Å². The second-order valence-corrected chi connectivity index (χ2v) is 6.30. The molecule has 0 radical (unpaired) electrons. The molecule has 0 bridgehead atoms. The third-order valence-electron chi connectivity index (χ3n) is 4.41. The Morgan fingerprint density at radius 3 is 2.65 bits per heavy atom. The molecule has 3 rings (SSSR count). The predicted octanol–water partition coefficient (Wildman–Crippen LogP) is 2.30. The Bertz CT molecular complexity index is 698. The fourth-order valence-electron chi connectivity index (χ4n) is 3.02. The number of piperidine rings is 1. The molecule has 1 aliphatic rings. The second kappa shape index (κ2) is 9.54. The summed E-state index contributed by atoms with van der Waals surface area (Å²) in [6.07, 6.45) is 3.80. The summed E-state index contributed by atoms with van der Waals surface area (Å²) in [7, 11) is 1.78. The van der Waals surface area contributed by atoms with Gasteiger partial charge in [0.25, 0.3) is 5.91 Å². The van der Waals surface area contributed by atoms with E-state index in [4.69, 9.17) is 4.74 Å². The molecule has 2 heterocycles. The maximum Gasteiger partial charge on any atom is 0.276 e. The van der Waals surface area contributed by atoms with Gasteiger partial charge in [-0.15, -0.1) is 17.5 Å². The van der Waals surface area contributed by atoms with Gasteiger partial charge in [0.15, 0.2) is 5.69 Å². The summed E-state index contributed by atoms with van der Waals surface area (Å²) in [6.45, 7) is 5.07. The number of amides is 1. The Morgan fingerprint density at radius 1 is 1.31 bits per heavy atom. The fourth-order valence-corrected chi connectivity index (χ4v) is 3.02. The number of nitrogens with one attached hydrogen (secondary N) is 1. The summed E-state index contributed by atoms with van der Waals surface area (Å²) in [4.78, 5) is 14.2. The van der Waals surface area contributed by atoms with Gasteiger partial charge in [-0.3, -0.25) is 4.79 Å². The molecule has 0 saturated carbocycles. The number of rotatable bonds is 6. The SMILES string of the molecule is CCOc1ccc(CN(C)C(=O)c2cn(C3CCNCC3)nn2)cc1.Cl. The number of carbonyl (C=O) groups excluding carboxylic acids is 1. The van der Waals surface area contributed by atoms with E-state index in [2.05, 4.69) is 15.6 Å². The second-order valence-electron chi connectivity index (χ2n) is 6.30. The van der Waals surface area contributed by atoms with E-state index in [9.17, 15) is 4.79 Å². The van der Waals surface area contributed by atoms with Gasteiger partial charge in [0.05, 0.1) is 18.8 Å². The molecular weight excluding hydrogens is 354 g/mol. The number of benzene rings is 1. The standard InChI is InChI=1S/C18H25N5O2.ClH/c1-3-25-16-6-4-14(5-7-16)12-22(2)18(24)17-13-23(21-20-17)15-8-10-19-11-9-15;/h4-7,13,15,19H,3,8-12H2,1-2H3;1H. The van der Waals surface area contributed by atoms with Crippen molar-refractivity contribution >= 4 is 18.3 Å². The summed E-state index contributed by atoms with van der Waals surface area (Å²) < 4.78 is 7.27. The van der Waals surface area contributed by atoms with Gasteiger partial charge in [-0.25, -0.2) is 4.68 Å². The number of nitrogens with zero attached hydrogens (tertiary/aromatic N) is 4. The van der Waals surface area contributed by atoms with Crippen molar-refractivity contribution in [3.05, 3.63) is 41.7 Å². The first kappa shape index (κ1) is 20.2. The molecule has 1 aromatic heterocycles. The first-order valence-electron chi connectivity index (χ1n) is 8.77.